The third-order valence-electron chi connectivity index (χ3n) is 17.6. The first kappa shape index (κ1) is 66.7. The van der Waals surface area contributed by atoms with E-state index in [0.29, 0.717) is 205 Å². The van der Waals surface area contributed by atoms with E-state index in [0.717, 1.165) is 56.0 Å². The molecule has 0 saturated carbocycles. The van der Waals surface area contributed by atoms with Crippen LogP contribution >= 0.6 is 0 Å². The average molecular weight is 1320 g/mol. The molecule has 6 aliphatic carbocycles. The Balaban J connectivity index is 0.844. The molecule has 20 nitrogen and oxygen atoms in total. The van der Waals surface area contributed by atoms with E-state index in [1.807, 2.05) is 48.5 Å². The first-order chi connectivity index (χ1) is 47.7. The summed E-state index contributed by atoms with van der Waals surface area (Å²) in [7, 11) is 3.41. The molecule has 96 heavy (non-hydrogen) atoms. The summed E-state index contributed by atoms with van der Waals surface area (Å²) in [6, 6.07) is 41.3. The van der Waals surface area contributed by atoms with Crippen LogP contribution in [0, 0.1) is 0 Å². The van der Waals surface area contributed by atoms with Crippen LogP contribution in [-0.4, -0.2) is 199 Å². The lowest BCUT2D eigenvalue weighted by molar-refractivity contribution is 0.0223. The Kier molecular flexibility index (Phi) is 23.6. The molecule has 7 aromatic carbocycles. The molecule has 4 atom stereocenters. The fraction of sp³-hybridized carbons (Fsp3) is 0.447. The molecule has 0 radical (unpaired) electrons. The summed E-state index contributed by atoms with van der Waals surface area (Å²) in [6.07, 6.45) is 0. The topological polar surface area (TPSA) is 185 Å². The Morgan fingerprint density at radius 3 is 0.656 bits per heavy atom. The molecule has 7 aromatic rings. The second kappa shape index (κ2) is 33.9. The quantitative estimate of drug-likeness (QED) is 0.131. The van der Waals surface area contributed by atoms with Gasteiger partial charge in [-0.2, -0.15) is 0 Å². The van der Waals surface area contributed by atoms with Crippen LogP contribution < -0.4 is 47.4 Å². The van der Waals surface area contributed by atoms with Gasteiger partial charge in [0.05, 0.1) is 119 Å². The van der Waals surface area contributed by atoms with Crippen LogP contribution in [0.25, 0.3) is 0 Å². The van der Waals surface area contributed by atoms with Gasteiger partial charge in [-0.3, -0.25) is 0 Å². The highest BCUT2D eigenvalue weighted by Crippen LogP contribution is 2.69. The Bertz CT molecular complexity index is 3210. The highest BCUT2D eigenvalue weighted by molar-refractivity contribution is 5.83. The molecule has 0 aromatic heterocycles. The van der Waals surface area contributed by atoms with Crippen LogP contribution in [0.4, 0.5) is 0 Å². The first-order valence-electron chi connectivity index (χ1n) is 33.5. The van der Waals surface area contributed by atoms with Crippen molar-refractivity contribution in [1.82, 2.24) is 0 Å². The smallest absolute Gasteiger partial charge is 0.161 e. The van der Waals surface area contributed by atoms with Crippen LogP contribution in [0.5, 0.6) is 57.5 Å². The molecule has 510 valence electrons. The minimum absolute atomic E-state index is 0.259. The summed E-state index contributed by atoms with van der Waals surface area (Å²) >= 11 is 0. The van der Waals surface area contributed by atoms with Gasteiger partial charge in [-0.25, -0.2) is 0 Å². The summed E-state index contributed by atoms with van der Waals surface area (Å²) in [5, 5.41) is 0. The number of ether oxygens (including phenoxy) is 20. The van der Waals surface area contributed by atoms with Crippen molar-refractivity contribution in [3.63, 3.8) is 0 Å². The molecule has 8 aliphatic rings. The van der Waals surface area contributed by atoms with Gasteiger partial charge in [0.25, 0.3) is 0 Å². The Labute approximate surface area is 560 Å². The minimum Gasteiger partial charge on any atom is -0.491 e. The molecule has 0 unspecified atom stereocenters. The van der Waals surface area contributed by atoms with E-state index in [1.165, 1.54) is 22.3 Å². The van der Waals surface area contributed by atoms with Gasteiger partial charge in [0.15, 0.2) is 46.0 Å². The van der Waals surface area contributed by atoms with Crippen LogP contribution in [0.1, 0.15) is 90.4 Å². The van der Waals surface area contributed by atoms with Crippen molar-refractivity contribution in [2.45, 2.75) is 23.7 Å². The number of hydrogen-bond acceptors (Lipinski definition) is 20. The van der Waals surface area contributed by atoms with Crippen molar-refractivity contribution in [3.8, 4) is 57.5 Å². The zero-order valence-corrected chi connectivity index (χ0v) is 54.8. The molecule has 0 amide bonds. The fourth-order valence-electron chi connectivity index (χ4n) is 13.7. The highest BCUT2D eigenvalue weighted by atomic mass is 16.6. The Morgan fingerprint density at radius 2 is 0.438 bits per heavy atom. The van der Waals surface area contributed by atoms with Gasteiger partial charge >= 0.3 is 0 Å². The summed E-state index contributed by atoms with van der Waals surface area (Å²) in [5.74, 6) is 5.26. The zero-order chi connectivity index (χ0) is 65.1. The molecule has 20 heteroatoms. The van der Waals surface area contributed by atoms with E-state index in [2.05, 4.69) is 72.8 Å². The van der Waals surface area contributed by atoms with Gasteiger partial charge in [-0.1, -0.05) is 72.8 Å². The maximum atomic E-state index is 7.38. The molecule has 0 fully saturated rings. The summed E-state index contributed by atoms with van der Waals surface area (Å²) < 4.78 is 125. The van der Waals surface area contributed by atoms with E-state index in [9.17, 15) is 0 Å². The second-order valence-electron chi connectivity index (χ2n) is 23.4. The highest BCUT2D eigenvalue weighted by Gasteiger charge is 2.53. The van der Waals surface area contributed by atoms with Crippen molar-refractivity contribution >= 4 is 0 Å². The lowest BCUT2D eigenvalue weighted by Gasteiger charge is -2.49. The lowest BCUT2D eigenvalue weighted by Crippen LogP contribution is -2.34. The monoisotopic (exact) mass is 1320 g/mol. The Morgan fingerprint density at radius 1 is 0.240 bits per heavy atom. The molecular weight excluding hydrogens is 1230 g/mol. The van der Waals surface area contributed by atoms with Gasteiger partial charge in [0.1, 0.15) is 77.6 Å². The van der Waals surface area contributed by atoms with E-state index in [-0.39, 0.29) is 50.1 Å². The number of benzene rings is 7. The summed E-state index contributed by atoms with van der Waals surface area (Å²) in [5.41, 5.74) is 13.2. The van der Waals surface area contributed by atoms with Crippen LogP contribution in [0.2, 0.25) is 0 Å². The number of hydrogen-bond donors (Lipinski definition) is 0. The standard InChI is InChI=1S/C76H86O20/c1-77-19-37-95-75-71-67-51-11-3-5-13-53(51)69(57-49-65-63(47-55(57)67)91-43-33-83-25-21-79-29-39-87-59-15-7-9-17-61(59)89-41-31-81-23-27-85-35-45-93-65)73(71)76(96-38-20-78-2)74-70-54-14-6-4-12-52(54)68(72(74)75)56-48-64-66(50-58(56)70)94-46-36-86-28-24-82-32-42-90-62-18-10-8-16-60(62)88-40-30-80-22-26-84-34-44-92-64/h3-18,47-50,67-70H,19-46H2,1-2H3/t67-,68+,69+,70-. The molecule has 4 bridgehead atoms. The molecule has 0 spiro atoms. The van der Waals surface area contributed by atoms with Crippen LogP contribution in [0.3, 0.4) is 0 Å². The number of rotatable bonds is 8. The first-order valence-corrected chi connectivity index (χ1v) is 33.5. The maximum absolute atomic E-state index is 7.38. The second-order valence-corrected chi connectivity index (χ2v) is 23.4. The third kappa shape index (κ3) is 15.3. The predicted octanol–water partition coefficient (Wildman–Crippen LogP) is 10.3. The van der Waals surface area contributed by atoms with Gasteiger partial charge in [-0.15, -0.1) is 0 Å². The van der Waals surface area contributed by atoms with Crippen LogP contribution in [-0.2, 0) is 47.4 Å². The van der Waals surface area contributed by atoms with Gasteiger partial charge in [0.2, 0.25) is 0 Å². The zero-order valence-electron chi connectivity index (χ0n) is 54.8. The van der Waals surface area contributed by atoms with Gasteiger partial charge < -0.3 is 94.7 Å². The molecule has 0 saturated heterocycles. The van der Waals surface area contributed by atoms with Crippen LogP contribution in [0.15, 0.2) is 121 Å². The lowest BCUT2D eigenvalue weighted by atomic mass is 9.55. The number of fused-ring (bicyclic) bond motifs is 4. The normalized spacial score (nSPS) is 20.6. The average Bonchev–Trinajstić information content (AvgIpc) is 0.667. The molecule has 2 heterocycles. The number of methoxy groups -OCH3 is 2. The molecule has 15 rings (SSSR count). The predicted molar refractivity (Wildman–Crippen MR) is 354 cm³/mol. The fourth-order valence-corrected chi connectivity index (χ4v) is 13.7. The van der Waals surface area contributed by atoms with E-state index >= 15 is 0 Å². The van der Waals surface area contributed by atoms with Gasteiger partial charge in [-0.05, 0) is 93.0 Å². The molecular formula is C76H86O20. The molecule has 2 aliphatic heterocycles. The van der Waals surface area contributed by atoms with E-state index < -0.39 is 0 Å². The van der Waals surface area contributed by atoms with Gasteiger partial charge in [0, 0.05) is 60.1 Å². The van der Waals surface area contributed by atoms with E-state index in [1.54, 1.807) is 14.2 Å². The van der Waals surface area contributed by atoms with Crippen molar-refractivity contribution in [3.05, 3.63) is 188 Å². The minimum atomic E-state index is -0.324. The van der Waals surface area contributed by atoms with Crippen molar-refractivity contribution in [2.24, 2.45) is 0 Å². The van der Waals surface area contributed by atoms with Crippen molar-refractivity contribution in [1.29, 1.82) is 0 Å². The maximum Gasteiger partial charge on any atom is 0.161 e. The summed E-state index contributed by atoms with van der Waals surface area (Å²) in [6.45, 7) is 9.60. The number of para-hydroxylation sites is 4. The van der Waals surface area contributed by atoms with E-state index in [4.69, 9.17) is 94.7 Å². The van der Waals surface area contributed by atoms with Crippen molar-refractivity contribution < 1.29 is 94.7 Å². The van der Waals surface area contributed by atoms with Crippen molar-refractivity contribution in [2.75, 3.05) is 199 Å². The summed E-state index contributed by atoms with van der Waals surface area (Å²) in [4.78, 5) is 0. The SMILES string of the molecule is COCCOc1c2c(c(OCCOC)c3c1[C@H]1c4ccccc4[C@@H]3c3cc4c(cc31)OCCOCCOCCOc1ccccc1OCCOCCOCCO4)[C@H]1c3ccccc3[C@@H]2c2cc3c(cc21)OCCOCCOCCOc1ccccc1OCCOCCOCCO3. The third-order valence-corrected chi connectivity index (χ3v) is 17.6. The Hall–Kier alpha value is -7.86. The molecule has 0 N–H and O–H groups in total. The largest absolute Gasteiger partial charge is 0.491 e.